The molecule has 0 aromatic carbocycles. The fourth-order valence-electron chi connectivity index (χ4n) is 3.93. The zero-order chi connectivity index (χ0) is 16.7. The van der Waals surface area contributed by atoms with Gasteiger partial charge in [0.1, 0.15) is 0 Å². The minimum Gasteiger partial charge on any atom is -0.393 e. The number of hydrogen-bond acceptors (Lipinski definition) is 3. The van der Waals surface area contributed by atoms with E-state index in [1.54, 1.807) is 0 Å². The highest BCUT2D eigenvalue weighted by atomic mass is 16.3. The first-order chi connectivity index (χ1) is 11.1. The van der Waals surface area contributed by atoms with Crippen molar-refractivity contribution < 1.29 is 9.90 Å². The molecule has 134 valence electrons. The maximum atomic E-state index is 12.2. The Kier molecular flexibility index (Phi) is 7.63. The molecule has 2 amide bonds. The maximum Gasteiger partial charge on any atom is 0.317 e. The molecule has 1 heterocycles. The number of urea groups is 1. The second-order valence-electron chi connectivity index (χ2n) is 7.45. The minimum atomic E-state index is -0.324. The molecule has 2 N–H and O–H groups in total. The topological polar surface area (TPSA) is 55.8 Å². The molecule has 1 saturated carbocycles. The molecule has 0 radical (unpaired) electrons. The van der Waals surface area contributed by atoms with Gasteiger partial charge >= 0.3 is 6.03 Å². The second-order valence-corrected chi connectivity index (χ2v) is 7.45. The van der Waals surface area contributed by atoms with E-state index < -0.39 is 0 Å². The monoisotopic (exact) mass is 325 g/mol. The molecular formula is C18H35N3O2. The van der Waals surface area contributed by atoms with Gasteiger partial charge < -0.3 is 20.2 Å². The summed E-state index contributed by atoms with van der Waals surface area (Å²) in [6.45, 7) is 5.13. The fraction of sp³-hybridized carbons (Fsp3) is 0.944. The summed E-state index contributed by atoms with van der Waals surface area (Å²) in [5, 5.41) is 12.8. The van der Waals surface area contributed by atoms with Crippen LogP contribution in [0.5, 0.6) is 0 Å². The third-order valence-electron chi connectivity index (χ3n) is 5.59. The molecule has 1 aliphatic heterocycles. The molecule has 2 atom stereocenters. The fourth-order valence-corrected chi connectivity index (χ4v) is 3.93. The Labute approximate surface area is 141 Å². The van der Waals surface area contributed by atoms with Crippen LogP contribution in [-0.2, 0) is 0 Å². The first kappa shape index (κ1) is 18.5. The van der Waals surface area contributed by atoms with Gasteiger partial charge in [-0.25, -0.2) is 4.79 Å². The zero-order valence-electron chi connectivity index (χ0n) is 15.0. The number of nitrogens with zero attached hydrogens (tertiary/aromatic N) is 2. The first-order valence-electron chi connectivity index (χ1n) is 9.49. The van der Waals surface area contributed by atoms with Crippen molar-refractivity contribution in [1.82, 2.24) is 15.1 Å². The largest absolute Gasteiger partial charge is 0.393 e. The van der Waals surface area contributed by atoms with Crippen LogP contribution in [0.2, 0.25) is 0 Å². The lowest BCUT2D eigenvalue weighted by atomic mass is 9.94. The van der Waals surface area contributed by atoms with Crippen molar-refractivity contribution in [2.75, 3.05) is 33.2 Å². The van der Waals surface area contributed by atoms with Gasteiger partial charge in [0.2, 0.25) is 0 Å². The Morgan fingerprint density at radius 1 is 1.26 bits per heavy atom. The van der Waals surface area contributed by atoms with Crippen molar-refractivity contribution in [3.63, 3.8) is 0 Å². The molecule has 2 aliphatic rings. The van der Waals surface area contributed by atoms with Crippen LogP contribution in [0.4, 0.5) is 4.79 Å². The van der Waals surface area contributed by atoms with Crippen molar-refractivity contribution >= 4 is 6.03 Å². The van der Waals surface area contributed by atoms with Gasteiger partial charge in [-0.2, -0.15) is 0 Å². The van der Waals surface area contributed by atoms with Crippen molar-refractivity contribution in [3.8, 4) is 0 Å². The highest BCUT2D eigenvalue weighted by Crippen LogP contribution is 2.21. The number of amides is 2. The highest BCUT2D eigenvalue weighted by molar-refractivity contribution is 5.74. The smallest absolute Gasteiger partial charge is 0.317 e. The van der Waals surface area contributed by atoms with Crippen molar-refractivity contribution in [2.24, 2.45) is 5.92 Å². The zero-order valence-corrected chi connectivity index (χ0v) is 15.0. The van der Waals surface area contributed by atoms with E-state index in [9.17, 15) is 9.90 Å². The van der Waals surface area contributed by atoms with E-state index in [0.29, 0.717) is 6.54 Å². The number of piperidine rings is 1. The SMILES string of the molecule is CC(O)C1CCCN(C(=O)NCCCN(C)C2CCCCC2)C1. The van der Waals surface area contributed by atoms with Gasteiger partial charge in [0.05, 0.1) is 6.10 Å². The third kappa shape index (κ3) is 5.96. The molecule has 0 spiro atoms. The van der Waals surface area contributed by atoms with Gasteiger partial charge in [-0.1, -0.05) is 19.3 Å². The molecule has 1 saturated heterocycles. The molecule has 0 bridgehead atoms. The number of likely N-dealkylation sites (tertiary alicyclic amines) is 1. The molecule has 5 heteroatoms. The molecule has 23 heavy (non-hydrogen) atoms. The third-order valence-corrected chi connectivity index (χ3v) is 5.59. The van der Waals surface area contributed by atoms with Crippen LogP contribution >= 0.6 is 0 Å². The van der Waals surface area contributed by atoms with Gasteiger partial charge in [-0.05, 0) is 52.6 Å². The van der Waals surface area contributed by atoms with Crippen molar-refractivity contribution in [3.05, 3.63) is 0 Å². The first-order valence-corrected chi connectivity index (χ1v) is 9.49. The van der Waals surface area contributed by atoms with E-state index in [1.165, 1.54) is 32.1 Å². The number of carbonyl (C=O) groups excluding carboxylic acids is 1. The van der Waals surface area contributed by atoms with E-state index >= 15 is 0 Å². The summed E-state index contributed by atoms with van der Waals surface area (Å²) in [6.07, 6.45) is 9.48. The standard InChI is InChI=1S/C18H35N3O2/c1-15(22)16-8-6-13-21(14-16)18(23)19-11-7-12-20(2)17-9-4-3-5-10-17/h15-17,22H,3-14H2,1-2H3,(H,19,23). The number of rotatable bonds is 6. The summed E-state index contributed by atoms with van der Waals surface area (Å²) >= 11 is 0. The summed E-state index contributed by atoms with van der Waals surface area (Å²) in [4.78, 5) is 16.6. The lowest BCUT2D eigenvalue weighted by molar-refractivity contribution is 0.0739. The Hall–Kier alpha value is -0.810. The molecule has 0 aromatic heterocycles. The minimum absolute atomic E-state index is 0.0377. The lowest BCUT2D eigenvalue weighted by Crippen LogP contribution is -2.47. The Balaban J connectivity index is 1.60. The van der Waals surface area contributed by atoms with E-state index in [2.05, 4.69) is 17.3 Å². The Morgan fingerprint density at radius 3 is 2.70 bits per heavy atom. The van der Waals surface area contributed by atoms with E-state index in [1.807, 2.05) is 11.8 Å². The van der Waals surface area contributed by atoms with Crippen LogP contribution in [0.1, 0.15) is 58.3 Å². The summed E-state index contributed by atoms with van der Waals surface area (Å²) in [7, 11) is 2.22. The summed E-state index contributed by atoms with van der Waals surface area (Å²) < 4.78 is 0. The molecule has 2 rings (SSSR count). The van der Waals surface area contributed by atoms with Crippen LogP contribution in [0.15, 0.2) is 0 Å². The van der Waals surface area contributed by atoms with Crippen LogP contribution in [0.3, 0.4) is 0 Å². The van der Waals surface area contributed by atoms with Crippen LogP contribution in [-0.4, -0.2) is 66.3 Å². The molecule has 0 aromatic rings. The van der Waals surface area contributed by atoms with Crippen molar-refractivity contribution in [2.45, 2.75) is 70.4 Å². The second kappa shape index (κ2) is 9.48. The molecule has 2 unspecified atom stereocenters. The predicted molar refractivity (Wildman–Crippen MR) is 93.5 cm³/mol. The predicted octanol–water partition coefficient (Wildman–Crippen LogP) is 2.44. The average molecular weight is 325 g/mol. The van der Waals surface area contributed by atoms with E-state index in [4.69, 9.17) is 0 Å². The number of aliphatic hydroxyl groups excluding tert-OH is 1. The van der Waals surface area contributed by atoms with Crippen LogP contribution < -0.4 is 5.32 Å². The molecule has 2 fully saturated rings. The van der Waals surface area contributed by atoms with Gasteiger partial charge in [0.25, 0.3) is 0 Å². The lowest BCUT2D eigenvalue weighted by Gasteiger charge is -2.34. The van der Waals surface area contributed by atoms with Crippen LogP contribution in [0.25, 0.3) is 0 Å². The molecule has 5 nitrogen and oxygen atoms in total. The number of carbonyl (C=O) groups is 1. The number of nitrogens with one attached hydrogen (secondary N) is 1. The number of aliphatic hydroxyl groups is 1. The molecule has 1 aliphatic carbocycles. The van der Waals surface area contributed by atoms with Gasteiger partial charge in [-0.15, -0.1) is 0 Å². The normalized spacial score (nSPS) is 24.7. The quantitative estimate of drug-likeness (QED) is 0.738. The van der Waals surface area contributed by atoms with E-state index in [-0.39, 0.29) is 18.1 Å². The Bertz CT molecular complexity index is 356. The van der Waals surface area contributed by atoms with Crippen molar-refractivity contribution in [1.29, 1.82) is 0 Å². The summed E-state index contributed by atoms with van der Waals surface area (Å²) in [5.41, 5.74) is 0. The maximum absolute atomic E-state index is 12.2. The van der Waals surface area contributed by atoms with Crippen LogP contribution in [0, 0.1) is 5.92 Å². The average Bonchev–Trinajstić information content (AvgIpc) is 2.59. The summed E-state index contributed by atoms with van der Waals surface area (Å²) in [6, 6.07) is 0.781. The van der Waals surface area contributed by atoms with Gasteiger partial charge in [0, 0.05) is 31.6 Å². The van der Waals surface area contributed by atoms with E-state index in [0.717, 1.165) is 44.9 Å². The number of hydrogen-bond donors (Lipinski definition) is 2. The van der Waals surface area contributed by atoms with Gasteiger partial charge in [-0.3, -0.25) is 0 Å². The highest BCUT2D eigenvalue weighted by Gasteiger charge is 2.26. The van der Waals surface area contributed by atoms with Gasteiger partial charge in [0.15, 0.2) is 0 Å². The molecular weight excluding hydrogens is 290 g/mol. The summed E-state index contributed by atoms with van der Waals surface area (Å²) in [5.74, 6) is 0.229. The Morgan fingerprint density at radius 2 is 2.00 bits per heavy atom.